The molecule has 0 N–H and O–H groups in total. The minimum Gasteiger partial charge on any atom is -0.493 e. The summed E-state index contributed by atoms with van der Waals surface area (Å²) in [5.41, 5.74) is 3.64. The molecule has 1 radical (unpaired) electrons. The molecule has 1 heterocycles. The lowest BCUT2D eigenvalue weighted by atomic mass is 9.89. The Bertz CT molecular complexity index is 745. The van der Waals surface area contributed by atoms with Crippen LogP contribution in [-0.4, -0.2) is 35.0 Å². The first-order valence-electron chi connectivity index (χ1n) is 8.32. The van der Waals surface area contributed by atoms with Crippen LogP contribution in [-0.2, 0) is 12.8 Å². The molecule has 0 aliphatic carbocycles. The van der Waals surface area contributed by atoms with Crippen molar-refractivity contribution in [2.45, 2.75) is 18.9 Å². The lowest BCUT2D eigenvalue weighted by Crippen LogP contribution is -2.25. The Morgan fingerprint density at radius 3 is 2.16 bits per heavy atom. The molecule has 133 valence electrons. The third kappa shape index (κ3) is 3.51. The van der Waals surface area contributed by atoms with Crippen LogP contribution in [0, 0.1) is 0 Å². The van der Waals surface area contributed by atoms with E-state index in [0.717, 1.165) is 47.9 Å². The number of hydrogen-bond acceptors (Lipinski definition) is 4. The van der Waals surface area contributed by atoms with Crippen molar-refractivity contribution in [3.63, 3.8) is 0 Å². The number of benzene rings is 2. The van der Waals surface area contributed by atoms with E-state index in [9.17, 15) is 0 Å². The van der Waals surface area contributed by atoms with E-state index in [0.29, 0.717) is 0 Å². The second kappa shape index (κ2) is 7.66. The highest BCUT2D eigenvalue weighted by atomic mass is 16.5. The minimum atomic E-state index is 0.0988. The van der Waals surface area contributed by atoms with Crippen LogP contribution in [0.2, 0.25) is 0 Å². The Morgan fingerprint density at radius 1 is 0.840 bits per heavy atom. The Labute approximate surface area is 148 Å². The molecule has 1 aliphatic rings. The molecule has 0 saturated heterocycles. The Kier molecular flexibility index (Phi) is 5.34. The first-order valence-corrected chi connectivity index (χ1v) is 8.32. The SMILES string of the molecule is COc1ccc(CC2[N]CCc3cc(OC)c(OC)cc32)cc1OC. The fraction of sp³-hybridized carbons (Fsp3) is 0.400. The average Bonchev–Trinajstić information content (AvgIpc) is 2.66. The molecule has 0 spiro atoms. The van der Waals surface area contributed by atoms with Crippen LogP contribution in [0.3, 0.4) is 0 Å². The molecule has 0 saturated carbocycles. The number of rotatable bonds is 6. The maximum absolute atomic E-state index is 5.46. The number of nitrogens with zero attached hydrogens (tertiary/aromatic N) is 1. The molecule has 1 aliphatic heterocycles. The topological polar surface area (TPSA) is 51.0 Å². The Hall–Kier alpha value is -2.40. The van der Waals surface area contributed by atoms with Crippen LogP contribution < -0.4 is 24.3 Å². The molecule has 3 rings (SSSR count). The first kappa shape index (κ1) is 17.4. The highest BCUT2D eigenvalue weighted by molar-refractivity contribution is 5.50. The van der Waals surface area contributed by atoms with Crippen LogP contribution in [0.4, 0.5) is 0 Å². The van der Waals surface area contributed by atoms with Crippen molar-refractivity contribution in [2.24, 2.45) is 0 Å². The van der Waals surface area contributed by atoms with Gasteiger partial charge in [0.15, 0.2) is 23.0 Å². The van der Waals surface area contributed by atoms with E-state index in [1.165, 1.54) is 11.1 Å². The quantitative estimate of drug-likeness (QED) is 0.809. The van der Waals surface area contributed by atoms with Crippen LogP contribution in [0.1, 0.15) is 22.7 Å². The smallest absolute Gasteiger partial charge is 0.161 e. The van der Waals surface area contributed by atoms with E-state index in [2.05, 4.69) is 18.2 Å². The molecule has 25 heavy (non-hydrogen) atoms. The summed E-state index contributed by atoms with van der Waals surface area (Å²) in [6.07, 6.45) is 1.74. The summed E-state index contributed by atoms with van der Waals surface area (Å²) in [5.74, 6) is 2.99. The van der Waals surface area contributed by atoms with Crippen molar-refractivity contribution < 1.29 is 18.9 Å². The lowest BCUT2D eigenvalue weighted by molar-refractivity contribution is 0.351. The van der Waals surface area contributed by atoms with Gasteiger partial charge in [-0.25, -0.2) is 5.32 Å². The molecule has 2 aromatic carbocycles. The minimum absolute atomic E-state index is 0.0988. The lowest BCUT2D eigenvalue weighted by Gasteiger charge is -2.27. The van der Waals surface area contributed by atoms with Gasteiger partial charge in [0, 0.05) is 6.54 Å². The highest BCUT2D eigenvalue weighted by Crippen LogP contribution is 2.37. The summed E-state index contributed by atoms with van der Waals surface area (Å²) in [5, 5.41) is 4.83. The number of ether oxygens (including phenoxy) is 4. The molecule has 5 nitrogen and oxygen atoms in total. The summed E-state index contributed by atoms with van der Waals surface area (Å²) in [6, 6.07) is 10.2. The summed E-state index contributed by atoms with van der Waals surface area (Å²) in [6.45, 7) is 0.820. The van der Waals surface area contributed by atoms with Gasteiger partial charge < -0.3 is 18.9 Å². The molecule has 5 heteroatoms. The summed E-state index contributed by atoms with van der Waals surface area (Å²) >= 11 is 0. The van der Waals surface area contributed by atoms with Gasteiger partial charge in [-0.05, 0) is 53.8 Å². The van der Waals surface area contributed by atoms with Crippen LogP contribution in [0.15, 0.2) is 30.3 Å². The zero-order valence-electron chi connectivity index (χ0n) is 15.2. The number of hydrogen-bond donors (Lipinski definition) is 0. The summed E-state index contributed by atoms with van der Waals surface area (Å²) in [7, 11) is 6.62. The zero-order valence-corrected chi connectivity index (χ0v) is 15.2. The van der Waals surface area contributed by atoms with Gasteiger partial charge in [-0.3, -0.25) is 0 Å². The maximum Gasteiger partial charge on any atom is 0.161 e. The van der Waals surface area contributed by atoms with Gasteiger partial charge in [0.25, 0.3) is 0 Å². The molecule has 2 aromatic rings. The van der Waals surface area contributed by atoms with Gasteiger partial charge in [0.05, 0.1) is 34.5 Å². The monoisotopic (exact) mass is 342 g/mol. The van der Waals surface area contributed by atoms with Gasteiger partial charge in [-0.1, -0.05) is 6.07 Å². The number of fused-ring (bicyclic) bond motifs is 1. The molecule has 0 fully saturated rings. The van der Waals surface area contributed by atoms with E-state index in [1.807, 2.05) is 12.1 Å². The third-order valence-corrected chi connectivity index (χ3v) is 4.61. The largest absolute Gasteiger partial charge is 0.493 e. The highest BCUT2D eigenvalue weighted by Gasteiger charge is 2.24. The summed E-state index contributed by atoms with van der Waals surface area (Å²) < 4.78 is 21.6. The van der Waals surface area contributed by atoms with Gasteiger partial charge in [0.2, 0.25) is 0 Å². The van der Waals surface area contributed by atoms with Gasteiger partial charge in [-0.2, -0.15) is 0 Å². The predicted molar refractivity (Wildman–Crippen MR) is 96.2 cm³/mol. The predicted octanol–water partition coefficient (Wildman–Crippen LogP) is 3.17. The fourth-order valence-electron chi connectivity index (χ4n) is 3.31. The van der Waals surface area contributed by atoms with E-state index < -0.39 is 0 Å². The average molecular weight is 342 g/mol. The van der Waals surface area contributed by atoms with E-state index in [4.69, 9.17) is 24.3 Å². The molecule has 0 bridgehead atoms. The van der Waals surface area contributed by atoms with Crippen molar-refractivity contribution in [3.8, 4) is 23.0 Å². The molecular weight excluding hydrogens is 318 g/mol. The van der Waals surface area contributed by atoms with Gasteiger partial charge in [-0.15, -0.1) is 0 Å². The molecule has 1 unspecified atom stereocenters. The van der Waals surface area contributed by atoms with Crippen LogP contribution >= 0.6 is 0 Å². The fourth-order valence-corrected chi connectivity index (χ4v) is 3.31. The molecular formula is C20H24NO4. The van der Waals surface area contributed by atoms with Crippen molar-refractivity contribution >= 4 is 0 Å². The Balaban J connectivity index is 1.90. The standard InChI is InChI=1S/C20H24NO4/c1-22-17-6-5-13(10-18(17)23-2)9-16-15-12-20(25-4)19(24-3)11-14(15)7-8-21-16/h5-6,10-12,16H,7-9H2,1-4H3. The number of methoxy groups -OCH3 is 4. The van der Waals surface area contributed by atoms with E-state index in [-0.39, 0.29) is 6.04 Å². The van der Waals surface area contributed by atoms with Crippen molar-refractivity contribution in [1.29, 1.82) is 0 Å². The molecule has 1 atom stereocenters. The van der Waals surface area contributed by atoms with Gasteiger partial charge in [0.1, 0.15) is 0 Å². The van der Waals surface area contributed by atoms with E-state index in [1.54, 1.807) is 28.4 Å². The van der Waals surface area contributed by atoms with Crippen LogP contribution in [0.5, 0.6) is 23.0 Å². The first-order chi connectivity index (χ1) is 12.2. The van der Waals surface area contributed by atoms with Crippen molar-refractivity contribution in [2.75, 3.05) is 35.0 Å². The van der Waals surface area contributed by atoms with Crippen LogP contribution in [0.25, 0.3) is 0 Å². The van der Waals surface area contributed by atoms with E-state index >= 15 is 0 Å². The maximum atomic E-state index is 5.46. The molecule has 0 aromatic heterocycles. The second-order valence-corrected chi connectivity index (χ2v) is 5.97. The zero-order chi connectivity index (χ0) is 17.8. The second-order valence-electron chi connectivity index (χ2n) is 5.97. The molecule has 0 amide bonds. The van der Waals surface area contributed by atoms with Gasteiger partial charge >= 0.3 is 0 Å². The summed E-state index contributed by atoms with van der Waals surface area (Å²) in [4.78, 5) is 0. The Morgan fingerprint density at radius 2 is 1.48 bits per heavy atom. The van der Waals surface area contributed by atoms with Crippen molar-refractivity contribution in [1.82, 2.24) is 5.32 Å². The third-order valence-electron chi connectivity index (χ3n) is 4.61. The normalized spacial score (nSPS) is 16.1. The van der Waals surface area contributed by atoms with Crippen molar-refractivity contribution in [3.05, 3.63) is 47.0 Å².